The highest BCUT2D eigenvalue weighted by atomic mass is 32.2. The second-order valence-corrected chi connectivity index (χ2v) is 5.27. The average molecular weight is 327 g/mol. The van der Waals surface area contributed by atoms with Crippen molar-refractivity contribution in [3.63, 3.8) is 0 Å². The molecule has 1 aromatic heterocycles. The molecule has 22 heavy (non-hydrogen) atoms. The average Bonchev–Trinajstić information content (AvgIpc) is 2.51. The number of carbonyl (C=O) groups excluding carboxylic acids is 1. The van der Waals surface area contributed by atoms with Gasteiger partial charge in [-0.1, -0.05) is 36.4 Å². The first-order valence-electron chi connectivity index (χ1n) is 6.31. The minimum atomic E-state index is -4.46. The van der Waals surface area contributed by atoms with Crippen molar-refractivity contribution in [3.05, 3.63) is 65.5 Å². The highest BCUT2D eigenvalue weighted by molar-refractivity contribution is 8.12. The Morgan fingerprint density at radius 2 is 1.82 bits per heavy atom. The molecule has 0 saturated carbocycles. The summed E-state index contributed by atoms with van der Waals surface area (Å²) >= 11 is 0.880. The maximum Gasteiger partial charge on any atom is 0.433 e. The van der Waals surface area contributed by atoms with Crippen LogP contribution in [-0.4, -0.2) is 10.3 Å². The Hall–Kier alpha value is -2.02. The molecule has 0 amide bonds. The largest absolute Gasteiger partial charge is 0.453 e. The van der Waals surface area contributed by atoms with Gasteiger partial charge in [-0.2, -0.15) is 13.2 Å². The molecule has 0 aliphatic rings. The highest BCUT2D eigenvalue weighted by Gasteiger charge is 2.31. The van der Waals surface area contributed by atoms with Gasteiger partial charge in [0.2, 0.25) is 0 Å². The number of aromatic nitrogens is 1. The van der Waals surface area contributed by atoms with Crippen molar-refractivity contribution >= 4 is 17.1 Å². The molecule has 7 heteroatoms. The van der Waals surface area contributed by atoms with Crippen LogP contribution in [0.4, 0.5) is 18.0 Å². The quantitative estimate of drug-likeness (QED) is 0.765. The molecule has 116 valence electrons. The number of hydrogen-bond donors (Lipinski definition) is 0. The summed E-state index contributed by atoms with van der Waals surface area (Å²) in [6.07, 6.45) is -3.35. The predicted octanol–water partition coefficient (Wildman–Crippen LogP) is 4.67. The zero-order valence-electron chi connectivity index (χ0n) is 11.3. The van der Waals surface area contributed by atoms with Crippen LogP contribution >= 0.6 is 11.8 Å². The number of nitrogens with zero attached hydrogens (tertiary/aromatic N) is 1. The van der Waals surface area contributed by atoms with E-state index in [0.717, 1.165) is 29.6 Å². The van der Waals surface area contributed by atoms with Crippen molar-refractivity contribution in [3.8, 4) is 0 Å². The van der Waals surface area contributed by atoms with Crippen molar-refractivity contribution < 1.29 is 22.7 Å². The van der Waals surface area contributed by atoms with Gasteiger partial charge in [-0.15, -0.1) is 0 Å². The van der Waals surface area contributed by atoms with Gasteiger partial charge in [-0.05, 0) is 29.0 Å². The smallest absolute Gasteiger partial charge is 0.433 e. The molecule has 2 aromatic rings. The second kappa shape index (κ2) is 7.31. The van der Waals surface area contributed by atoms with Gasteiger partial charge < -0.3 is 4.74 Å². The van der Waals surface area contributed by atoms with Gasteiger partial charge >= 0.3 is 11.5 Å². The lowest BCUT2D eigenvalue weighted by atomic mass is 10.2. The molecule has 0 unspecified atom stereocenters. The SMILES string of the molecule is O=C(OCc1ccccc1)SCc1ccc(C(F)(F)F)nc1. The Balaban J connectivity index is 1.79. The first-order chi connectivity index (χ1) is 10.4. The van der Waals surface area contributed by atoms with Gasteiger partial charge in [0.15, 0.2) is 0 Å². The van der Waals surface area contributed by atoms with Gasteiger partial charge in [0.25, 0.3) is 0 Å². The Bertz CT molecular complexity index is 615. The Kier molecular flexibility index (Phi) is 5.43. The summed E-state index contributed by atoms with van der Waals surface area (Å²) in [6.45, 7) is 0.165. The van der Waals surface area contributed by atoms with Gasteiger partial charge in [-0.3, -0.25) is 4.98 Å². The molecular weight excluding hydrogens is 315 g/mol. The summed E-state index contributed by atoms with van der Waals surface area (Å²) in [5.41, 5.74) is 0.440. The van der Waals surface area contributed by atoms with E-state index < -0.39 is 17.2 Å². The van der Waals surface area contributed by atoms with E-state index in [4.69, 9.17) is 4.74 Å². The molecule has 0 aliphatic heterocycles. The summed E-state index contributed by atoms with van der Waals surface area (Å²) in [5, 5.41) is -0.483. The number of pyridine rings is 1. The molecule has 1 aromatic carbocycles. The lowest BCUT2D eigenvalue weighted by Crippen LogP contribution is -2.07. The molecular formula is C15H12F3NO2S. The Morgan fingerprint density at radius 1 is 1.09 bits per heavy atom. The molecule has 1 heterocycles. The molecule has 0 fully saturated rings. The third-order valence-corrected chi connectivity index (χ3v) is 3.50. The van der Waals surface area contributed by atoms with E-state index in [0.29, 0.717) is 5.56 Å². The number of thioether (sulfide) groups is 1. The van der Waals surface area contributed by atoms with E-state index in [9.17, 15) is 18.0 Å². The minimum Gasteiger partial charge on any atom is -0.453 e. The van der Waals surface area contributed by atoms with E-state index in [1.807, 2.05) is 30.3 Å². The van der Waals surface area contributed by atoms with E-state index in [2.05, 4.69) is 4.98 Å². The normalized spacial score (nSPS) is 11.2. The topological polar surface area (TPSA) is 39.2 Å². The number of alkyl halides is 3. The number of ether oxygens (including phenoxy) is 1. The van der Waals surface area contributed by atoms with Crippen molar-refractivity contribution in [2.24, 2.45) is 0 Å². The van der Waals surface area contributed by atoms with Crippen LogP contribution < -0.4 is 0 Å². The Morgan fingerprint density at radius 3 is 2.41 bits per heavy atom. The van der Waals surface area contributed by atoms with Crippen molar-refractivity contribution in [1.29, 1.82) is 0 Å². The molecule has 0 bridgehead atoms. The fourth-order valence-corrected chi connectivity index (χ4v) is 2.18. The number of rotatable bonds is 4. The molecule has 0 N–H and O–H groups in total. The number of benzene rings is 1. The van der Waals surface area contributed by atoms with Crippen LogP contribution in [0.15, 0.2) is 48.7 Å². The number of hydrogen-bond acceptors (Lipinski definition) is 4. The van der Waals surface area contributed by atoms with Crippen molar-refractivity contribution in [2.45, 2.75) is 18.5 Å². The fraction of sp³-hybridized carbons (Fsp3) is 0.200. The second-order valence-electron chi connectivity index (χ2n) is 4.36. The molecule has 0 aliphatic carbocycles. The number of halogens is 3. The van der Waals surface area contributed by atoms with Crippen molar-refractivity contribution in [1.82, 2.24) is 4.98 Å². The first-order valence-corrected chi connectivity index (χ1v) is 7.29. The van der Waals surface area contributed by atoms with E-state index in [-0.39, 0.29) is 12.4 Å². The minimum absolute atomic E-state index is 0.165. The zero-order chi connectivity index (χ0) is 16.0. The fourth-order valence-electron chi connectivity index (χ4n) is 1.58. The first kappa shape index (κ1) is 16.4. The molecule has 0 atom stereocenters. The lowest BCUT2D eigenvalue weighted by molar-refractivity contribution is -0.141. The summed E-state index contributed by atoms with van der Waals surface area (Å²) in [6, 6.07) is 11.4. The van der Waals surface area contributed by atoms with Gasteiger partial charge in [0.1, 0.15) is 12.3 Å². The summed E-state index contributed by atoms with van der Waals surface area (Å²) in [5.74, 6) is 0.207. The van der Waals surface area contributed by atoms with Crippen LogP contribution in [-0.2, 0) is 23.3 Å². The molecule has 0 saturated heterocycles. The predicted molar refractivity (Wildman–Crippen MR) is 77.2 cm³/mol. The molecule has 3 nitrogen and oxygen atoms in total. The maximum atomic E-state index is 12.4. The van der Waals surface area contributed by atoms with E-state index >= 15 is 0 Å². The van der Waals surface area contributed by atoms with E-state index in [1.54, 1.807) is 0 Å². The molecule has 0 radical (unpaired) electrons. The summed E-state index contributed by atoms with van der Waals surface area (Å²) in [7, 11) is 0. The summed E-state index contributed by atoms with van der Waals surface area (Å²) in [4.78, 5) is 14.9. The van der Waals surface area contributed by atoms with Crippen molar-refractivity contribution in [2.75, 3.05) is 0 Å². The van der Waals surface area contributed by atoms with Gasteiger partial charge in [0, 0.05) is 11.9 Å². The number of carbonyl (C=O) groups is 1. The standard InChI is InChI=1S/C15H12F3NO2S/c16-15(17,18)13-7-6-12(8-19-13)10-22-14(20)21-9-11-4-2-1-3-5-11/h1-8H,9-10H2. The third-order valence-electron chi connectivity index (χ3n) is 2.67. The molecule has 0 spiro atoms. The highest BCUT2D eigenvalue weighted by Crippen LogP contribution is 2.27. The van der Waals surface area contributed by atoms with Gasteiger partial charge in [0.05, 0.1) is 0 Å². The molecule has 2 rings (SSSR count). The van der Waals surface area contributed by atoms with Crippen LogP contribution in [0.3, 0.4) is 0 Å². The Labute approximate surface area is 129 Å². The van der Waals surface area contributed by atoms with E-state index in [1.165, 1.54) is 6.07 Å². The van der Waals surface area contributed by atoms with Crippen LogP contribution in [0.5, 0.6) is 0 Å². The summed E-state index contributed by atoms with van der Waals surface area (Å²) < 4.78 is 42.1. The zero-order valence-corrected chi connectivity index (χ0v) is 12.2. The van der Waals surface area contributed by atoms with Crippen LogP contribution in [0.2, 0.25) is 0 Å². The lowest BCUT2D eigenvalue weighted by Gasteiger charge is -2.07. The van der Waals surface area contributed by atoms with Crippen LogP contribution in [0.1, 0.15) is 16.8 Å². The van der Waals surface area contributed by atoms with Crippen LogP contribution in [0, 0.1) is 0 Å². The monoisotopic (exact) mass is 327 g/mol. The maximum absolute atomic E-state index is 12.4. The van der Waals surface area contributed by atoms with Crippen LogP contribution in [0.25, 0.3) is 0 Å². The van der Waals surface area contributed by atoms with Gasteiger partial charge in [-0.25, -0.2) is 4.79 Å². The third kappa shape index (κ3) is 5.07.